The van der Waals surface area contributed by atoms with Gasteiger partial charge in [-0.3, -0.25) is 4.79 Å². The number of rotatable bonds is 4. The molecule has 1 aromatic carbocycles. The number of hydrogen-bond acceptors (Lipinski definition) is 4. The van der Waals surface area contributed by atoms with Crippen LogP contribution in [0.2, 0.25) is 0 Å². The number of amides is 1. The molecule has 0 unspecified atom stereocenters. The number of benzene rings is 1. The third kappa shape index (κ3) is 4.56. The fourth-order valence-electron chi connectivity index (χ4n) is 2.96. The number of ether oxygens (including phenoxy) is 1. The zero-order chi connectivity index (χ0) is 18.7. The topological polar surface area (TPSA) is 55.6 Å². The van der Waals surface area contributed by atoms with Crippen molar-refractivity contribution in [2.45, 2.75) is 19.2 Å². The molecule has 0 atom stereocenters. The minimum absolute atomic E-state index is 0.00579. The van der Waals surface area contributed by atoms with Gasteiger partial charge in [-0.1, -0.05) is 0 Å². The van der Waals surface area contributed by atoms with Gasteiger partial charge in [0.05, 0.1) is 4.88 Å². The van der Waals surface area contributed by atoms with Gasteiger partial charge >= 0.3 is 6.36 Å². The fourth-order valence-corrected chi connectivity index (χ4v) is 3.94. The van der Waals surface area contributed by atoms with Crippen LogP contribution in [0.3, 0.4) is 0 Å². The Balaban J connectivity index is 1.67. The molecule has 8 heteroatoms. The van der Waals surface area contributed by atoms with Crippen molar-refractivity contribution in [1.29, 1.82) is 0 Å². The minimum atomic E-state index is -4.71. The molecule has 2 aromatic rings. The molecule has 0 bridgehead atoms. The Labute approximate surface area is 153 Å². The number of nitrogens with zero attached hydrogens (tertiary/aromatic N) is 1. The van der Waals surface area contributed by atoms with E-state index in [4.69, 9.17) is 5.73 Å². The summed E-state index contributed by atoms with van der Waals surface area (Å²) in [7, 11) is 0. The number of thiophene rings is 1. The second-order valence-electron chi connectivity index (χ2n) is 6.21. The maximum atomic E-state index is 12.6. The Kier molecular flexibility index (Phi) is 5.52. The molecular formula is C18H19F3N2O2S. The molecule has 140 valence electrons. The number of halogens is 3. The van der Waals surface area contributed by atoms with E-state index in [9.17, 15) is 18.0 Å². The van der Waals surface area contributed by atoms with Gasteiger partial charge in [0.15, 0.2) is 0 Å². The van der Waals surface area contributed by atoms with E-state index >= 15 is 0 Å². The van der Waals surface area contributed by atoms with Crippen molar-refractivity contribution in [3.8, 4) is 16.2 Å². The molecule has 4 nitrogen and oxygen atoms in total. The first-order valence-corrected chi connectivity index (χ1v) is 9.13. The van der Waals surface area contributed by atoms with Gasteiger partial charge in [-0.25, -0.2) is 0 Å². The number of likely N-dealkylation sites (tertiary alicyclic amines) is 1. The average Bonchev–Trinajstić information content (AvgIpc) is 3.10. The van der Waals surface area contributed by atoms with Gasteiger partial charge in [0.2, 0.25) is 0 Å². The molecule has 2 N–H and O–H groups in total. The molecule has 1 saturated heterocycles. The van der Waals surface area contributed by atoms with Crippen LogP contribution in [0.25, 0.3) is 10.4 Å². The maximum absolute atomic E-state index is 12.6. The Morgan fingerprint density at radius 2 is 1.81 bits per heavy atom. The molecule has 0 aliphatic carbocycles. The van der Waals surface area contributed by atoms with E-state index in [2.05, 4.69) is 4.74 Å². The first-order chi connectivity index (χ1) is 12.4. The Hall–Kier alpha value is -2.06. The van der Waals surface area contributed by atoms with Crippen LogP contribution < -0.4 is 10.5 Å². The van der Waals surface area contributed by atoms with Gasteiger partial charge in [0.25, 0.3) is 5.91 Å². The van der Waals surface area contributed by atoms with Crippen LogP contribution in [0.5, 0.6) is 5.75 Å². The summed E-state index contributed by atoms with van der Waals surface area (Å²) in [6, 6.07) is 9.20. The molecule has 2 heterocycles. The summed E-state index contributed by atoms with van der Waals surface area (Å²) in [6.07, 6.45) is -2.87. The van der Waals surface area contributed by atoms with Crippen molar-refractivity contribution < 1.29 is 22.7 Å². The van der Waals surface area contributed by atoms with Crippen LogP contribution in [-0.4, -0.2) is 36.8 Å². The molecule has 1 aliphatic heterocycles. The lowest BCUT2D eigenvalue weighted by atomic mass is 9.97. The number of alkyl halides is 3. The van der Waals surface area contributed by atoms with Crippen LogP contribution >= 0.6 is 11.3 Å². The molecule has 3 rings (SSSR count). The van der Waals surface area contributed by atoms with Crippen molar-refractivity contribution in [3.05, 3.63) is 41.3 Å². The number of piperidine rings is 1. The van der Waals surface area contributed by atoms with Gasteiger partial charge in [-0.05, 0) is 67.3 Å². The quantitative estimate of drug-likeness (QED) is 0.863. The molecule has 0 radical (unpaired) electrons. The van der Waals surface area contributed by atoms with Crippen LogP contribution in [0.1, 0.15) is 22.5 Å². The van der Waals surface area contributed by atoms with E-state index in [0.717, 1.165) is 23.3 Å². The predicted molar refractivity (Wildman–Crippen MR) is 94.1 cm³/mol. The Morgan fingerprint density at radius 3 is 2.38 bits per heavy atom. The lowest BCUT2D eigenvalue weighted by Crippen LogP contribution is -2.39. The number of carbonyl (C=O) groups is 1. The third-order valence-electron chi connectivity index (χ3n) is 4.42. The summed E-state index contributed by atoms with van der Waals surface area (Å²) in [6.45, 7) is 2.06. The van der Waals surface area contributed by atoms with Crippen molar-refractivity contribution in [1.82, 2.24) is 4.90 Å². The van der Waals surface area contributed by atoms with Crippen molar-refractivity contribution in [3.63, 3.8) is 0 Å². The summed E-state index contributed by atoms with van der Waals surface area (Å²) < 4.78 is 40.5. The van der Waals surface area contributed by atoms with Crippen molar-refractivity contribution in [2.24, 2.45) is 11.7 Å². The molecular weight excluding hydrogens is 365 g/mol. The van der Waals surface area contributed by atoms with Crippen LogP contribution in [0, 0.1) is 5.92 Å². The first-order valence-electron chi connectivity index (χ1n) is 8.31. The molecule has 26 heavy (non-hydrogen) atoms. The van der Waals surface area contributed by atoms with Crippen LogP contribution in [0.15, 0.2) is 36.4 Å². The largest absolute Gasteiger partial charge is 0.573 e. The molecule has 1 aliphatic rings. The molecule has 0 saturated carbocycles. The van der Waals surface area contributed by atoms with Crippen LogP contribution in [-0.2, 0) is 0 Å². The zero-order valence-electron chi connectivity index (χ0n) is 14.0. The normalized spacial score (nSPS) is 15.9. The van der Waals surface area contributed by atoms with E-state index < -0.39 is 6.36 Å². The standard InChI is InChI=1S/C18H19F3N2O2S/c19-18(20,21)25-14-3-1-13(2-4-14)15-5-6-16(26-15)17(24)23-9-7-12(11-22)8-10-23/h1-6,12H,7-11,22H2. The molecule has 1 aromatic heterocycles. The van der Waals surface area contributed by atoms with Gasteiger partial charge in [0.1, 0.15) is 5.75 Å². The van der Waals surface area contributed by atoms with Gasteiger partial charge in [-0.15, -0.1) is 24.5 Å². The maximum Gasteiger partial charge on any atom is 0.573 e. The Morgan fingerprint density at radius 1 is 1.15 bits per heavy atom. The highest BCUT2D eigenvalue weighted by Gasteiger charge is 2.31. The first kappa shape index (κ1) is 18.7. The van der Waals surface area contributed by atoms with Crippen molar-refractivity contribution >= 4 is 17.2 Å². The van der Waals surface area contributed by atoms with Crippen LogP contribution in [0.4, 0.5) is 13.2 Å². The van der Waals surface area contributed by atoms with Crippen molar-refractivity contribution in [2.75, 3.05) is 19.6 Å². The van der Waals surface area contributed by atoms with Gasteiger partial charge < -0.3 is 15.4 Å². The summed E-state index contributed by atoms with van der Waals surface area (Å²) in [5.41, 5.74) is 6.42. The highest BCUT2D eigenvalue weighted by molar-refractivity contribution is 7.17. The van der Waals surface area contributed by atoms with E-state index in [1.165, 1.54) is 23.5 Å². The summed E-state index contributed by atoms with van der Waals surface area (Å²) in [5.74, 6) is 0.209. The summed E-state index contributed by atoms with van der Waals surface area (Å²) in [5, 5.41) is 0. The zero-order valence-corrected chi connectivity index (χ0v) is 14.8. The molecule has 1 fully saturated rings. The van der Waals surface area contributed by atoms with E-state index in [1.807, 2.05) is 11.0 Å². The minimum Gasteiger partial charge on any atom is -0.406 e. The number of nitrogens with two attached hydrogens (primary N) is 1. The second-order valence-corrected chi connectivity index (χ2v) is 7.29. The Bertz CT molecular complexity index is 751. The smallest absolute Gasteiger partial charge is 0.406 e. The van der Waals surface area contributed by atoms with E-state index in [1.54, 1.807) is 18.2 Å². The molecule has 0 spiro atoms. The van der Waals surface area contributed by atoms with Gasteiger partial charge in [-0.2, -0.15) is 0 Å². The van der Waals surface area contributed by atoms with E-state index in [0.29, 0.717) is 30.4 Å². The highest BCUT2D eigenvalue weighted by atomic mass is 32.1. The summed E-state index contributed by atoms with van der Waals surface area (Å²) in [4.78, 5) is 15.9. The van der Waals surface area contributed by atoms with Gasteiger partial charge in [0, 0.05) is 18.0 Å². The second kappa shape index (κ2) is 7.67. The predicted octanol–water partition coefficient (Wildman–Crippen LogP) is 4.12. The fraction of sp³-hybridized carbons (Fsp3) is 0.389. The number of hydrogen-bond donors (Lipinski definition) is 1. The van der Waals surface area contributed by atoms with E-state index in [-0.39, 0.29) is 11.7 Å². The SMILES string of the molecule is NCC1CCN(C(=O)c2ccc(-c3ccc(OC(F)(F)F)cc3)s2)CC1. The lowest BCUT2D eigenvalue weighted by Gasteiger charge is -2.31. The lowest BCUT2D eigenvalue weighted by molar-refractivity contribution is -0.274. The average molecular weight is 384 g/mol. The monoisotopic (exact) mass is 384 g/mol. The molecule has 1 amide bonds. The highest BCUT2D eigenvalue weighted by Crippen LogP contribution is 2.32. The number of carbonyl (C=O) groups excluding carboxylic acids is 1. The summed E-state index contributed by atoms with van der Waals surface area (Å²) >= 11 is 1.33. The third-order valence-corrected chi connectivity index (χ3v) is 5.55.